The van der Waals surface area contributed by atoms with Crippen LogP contribution in [0.15, 0.2) is 166 Å². The number of nitrogens with zero attached hydrogens (tertiary/aromatic N) is 4. The maximum absolute atomic E-state index is 7.70. The first-order valence-electron chi connectivity index (χ1n) is 39.8. The first kappa shape index (κ1) is 76.5. The monoisotopic (exact) mass is 1440 g/mol. The van der Waals surface area contributed by atoms with E-state index in [2.05, 4.69) is 283 Å². The number of aromatic amines is 4. The number of hydrogen-bond acceptors (Lipinski definition) is 8. The predicted octanol–water partition coefficient (Wildman–Crippen LogP) is 26.4. The van der Waals surface area contributed by atoms with Crippen molar-refractivity contribution in [3.63, 3.8) is 0 Å². The molecule has 0 atom stereocenters. The molecule has 0 unspecified atom stereocenters. The van der Waals surface area contributed by atoms with Gasteiger partial charge in [-0.25, -0.2) is 20.0 Å². The average molecular weight is 1450 g/mol. The zero-order valence-corrected chi connectivity index (χ0v) is 68.9. The van der Waals surface area contributed by atoms with Crippen molar-refractivity contribution in [3.8, 4) is 46.0 Å². The van der Waals surface area contributed by atoms with E-state index in [0.717, 1.165) is 118 Å². The molecule has 0 fully saturated rings. The molecule has 0 amide bonds. The Morgan fingerprint density at radius 3 is 0.741 bits per heavy atom. The number of fused-ring (bicyclic) bond motifs is 20. The first-order valence-corrected chi connectivity index (χ1v) is 39.8. The maximum atomic E-state index is 7.70. The standard InChI is InChI=1S/C96H116N8O4/c1-25-89(9,10)57-41-45-69(65(53-57)93(17,18)29-5)105-73-49-51-75(107-71-47-43-59(91(13,14)27-3)55-67(71)95(21,22)31-7)79-77(73)85-100-83-63-39-35-33-37-61(63)81(98-83)97-82-62-38-34-36-40-64(62)84(99-82)101-86-78-74(106-70-46-42-58(90(11,12)26-2)54-66(70)94(19,20)30-6)50-52-76(80(78)88(103-86)104-87(79)102-85)108-72-48-44-60(92(15,16)28-4)56-68(72)96(23,24)32-8/h33-56H,25-32H2,1-24H3,(H4,97,98,99,100,101,102,103,104). The van der Waals surface area contributed by atoms with Crippen molar-refractivity contribution >= 4 is 66.4 Å². The van der Waals surface area contributed by atoms with Gasteiger partial charge < -0.3 is 38.9 Å². The van der Waals surface area contributed by atoms with Crippen LogP contribution in [-0.4, -0.2) is 19.9 Å². The van der Waals surface area contributed by atoms with Crippen molar-refractivity contribution in [1.29, 1.82) is 0 Å². The van der Waals surface area contributed by atoms with Gasteiger partial charge >= 0.3 is 0 Å². The lowest BCUT2D eigenvalue weighted by Crippen LogP contribution is -2.21. The molecule has 12 heteroatoms. The van der Waals surface area contributed by atoms with E-state index in [1.165, 1.54) is 22.3 Å². The van der Waals surface area contributed by atoms with E-state index < -0.39 is 0 Å². The second kappa shape index (κ2) is 28.4. The summed E-state index contributed by atoms with van der Waals surface area (Å²) >= 11 is 0. The van der Waals surface area contributed by atoms with Crippen LogP contribution in [0.25, 0.3) is 43.1 Å². The van der Waals surface area contributed by atoms with Gasteiger partial charge in [-0.1, -0.05) is 263 Å². The Balaban J connectivity index is 1.22. The van der Waals surface area contributed by atoms with Crippen molar-refractivity contribution < 1.29 is 18.9 Å². The van der Waals surface area contributed by atoms with E-state index in [9.17, 15) is 0 Å². The third-order valence-corrected chi connectivity index (χ3v) is 25.8. The molecule has 1 aliphatic heterocycles. The number of nitrogens with one attached hydrogen (secondary N) is 4. The topological polar surface area (TPSA) is 150 Å². The van der Waals surface area contributed by atoms with Crippen molar-refractivity contribution in [2.75, 3.05) is 0 Å². The summed E-state index contributed by atoms with van der Waals surface area (Å²) in [5, 5.41) is 6.15. The molecule has 5 heterocycles. The fourth-order valence-corrected chi connectivity index (χ4v) is 14.6. The second-order valence-corrected chi connectivity index (χ2v) is 35.6. The Labute approximate surface area is 640 Å². The van der Waals surface area contributed by atoms with Crippen LogP contribution >= 0.6 is 0 Å². The average Bonchev–Trinajstić information content (AvgIpc) is 1.57. The summed E-state index contributed by atoms with van der Waals surface area (Å²) < 4.78 is 30.7. The molecule has 108 heavy (non-hydrogen) atoms. The minimum atomic E-state index is -0.282. The maximum Gasteiger partial charge on any atom is 0.145 e. The lowest BCUT2D eigenvalue weighted by atomic mass is 9.76. The van der Waals surface area contributed by atoms with E-state index in [-0.39, 0.29) is 43.3 Å². The van der Waals surface area contributed by atoms with E-state index in [1.807, 2.05) is 48.5 Å². The predicted molar refractivity (Wildman–Crippen MR) is 449 cm³/mol. The Bertz CT molecular complexity index is 5720. The van der Waals surface area contributed by atoms with Crippen LogP contribution in [0.5, 0.6) is 46.0 Å². The van der Waals surface area contributed by atoms with Gasteiger partial charge in [0.25, 0.3) is 0 Å². The summed E-state index contributed by atoms with van der Waals surface area (Å²) in [5.74, 6) is 7.38. The largest absolute Gasteiger partial charge is 0.456 e. The lowest BCUT2D eigenvalue weighted by Gasteiger charge is -2.31. The SMILES string of the molecule is CCC(C)(C)c1ccc(Oc2ccc(Oc3ccc(C(C)(C)CC)cc3C(C)(C)CC)c3c4[nH]c(c23)N=c2[nH]c(c3ccccc23)=Nc2[nH]c(c3ccccc23)N=c2[nH]c(c3c(Oc5ccc(C(C)(C)CC)cc5C(C)(C)CC)ccc(Oc5ccc(C(C)(C)CC)cc5C(C)(C)CC)c23)=N4)c(C(C)(C)CC)c1. The molecule has 0 saturated heterocycles. The van der Waals surface area contributed by atoms with Crippen LogP contribution < -0.4 is 40.9 Å². The van der Waals surface area contributed by atoms with Gasteiger partial charge in [-0.15, -0.1) is 0 Å². The number of ether oxygens (including phenoxy) is 4. The Hall–Kier alpha value is -9.68. The molecule has 12 nitrogen and oxygen atoms in total. The van der Waals surface area contributed by atoms with Crippen LogP contribution in [-0.2, 0) is 43.3 Å². The number of hydrogen-bond donors (Lipinski definition) is 4. The summed E-state index contributed by atoms with van der Waals surface area (Å²) in [6.07, 6.45) is 7.40. The van der Waals surface area contributed by atoms with Gasteiger partial charge in [0.2, 0.25) is 0 Å². The third-order valence-electron chi connectivity index (χ3n) is 25.8. The van der Waals surface area contributed by atoms with Gasteiger partial charge in [-0.05, 0) is 165 Å². The summed E-state index contributed by atoms with van der Waals surface area (Å²) in [6.45, 7) is 55.1. The molecule has 4 aromatic heterocycles. The smallest absolute Gasteiger partial charge is 0.145 e. The molecule has 0 saturated carbocycles. The number of benzene rings is 8. The fraction of sp³-hybridized carbons (Fsp3) is 0.417. The molecule has 12 aromatic rings. The molecular formula is C96H116N8O4. The summed E-state index contributed by atoms with van der Waals surface area (Å²) in [5.41, 5.74) is 10.2. The highest BCUT2D eigenvalue weighted by molar-refractivity contribution is 6.08. The van der Waals surface area contributed by atoms with Crippen LogP contribution in [0, 0.1) is 0 Å². The molecule has 564 valence electrons. The van der Waals surface area contributed by atoms with Crippen LogP contribution in [0.1, 0.15) is 262 Å². The van der Waals surface area contributed by atoms with Gasteiger partial charge in [0.1, 0.15) is 91.2 Å². The summed E-state index contributed by atoms with van der Waals surface area (Å²) in [4.78, 5) is 38.5. The number of H-pyrrole nitrogens is 4. The van der Waals surface area contributed by atoms with E-state index in [1.54, 1.807) is 0 Å². The van der Waals surface area contributed by atoms with Crippen LogP contribution in [0.4, 0.5) is 23.3 Å². The quantitative estimate of drug-likeness (QED) is 0.0476. The molecule has 4 N–H and O–H groups in total. The Morgan fingerprint density at radius 2 is 0.454 bits per heavy atom. The first-order chi connectivity index (χ1) is 51.1. The number of aromatic nitrogens is 4. The normalized spacial score (nSPS) is 13.4. The molecule has 0 aliphatic carbocycles. The van der Waals surface area contributed by atoms with E-state index >= 15 is 0 Å². The summed E-state index contributed by atoms with van der Waals surface area (Å²) in [6, 6.07) is 51.9. The van der Waals surface area contributed by atoms with E-state index in [0.29, 0.717) is 89.8 Å². The minimum absolute atomic E-state index is 0.0776. The van der Waals surface area contributed by atoms with Crippen molar-refractivity contribution in [2.24, 2.45) is 20.0 Å². The summed E-state index contributed by atoms with van der Waals surface area (Å²) in [7, 11) is 0. The van der Waals surface area contributed by atoms with Crippen molar-refractivity contribution in [2.45, 2.75) is 261 Å². The zero-order chi connectivity index (χ0) is 77.6. The second-order valence-electron chi connectivity index (χ2n) is 35.6. The lowest BCUT2D eigenvalue weighted by molar-refractivity contribution is 0.429. The molecule has 0 spiro atoms. The van der Waals surface area contributed by atoms with Crippen LogP contribution in [0.3, 0.4) is 0 Å². The molecule has 13 rings (SSSR count). The van der Waals surface area contributed by atoms with Gasteiger partial charge in [0.05, 0.1) is 21.5 Å². The highest BCUT2D eigenvalue weighted by atomic mass is 16.5. The highest BCUT2D eigenvalue weighted by Gasteiger charge is 2.35. The zero-order valence-electron chi connectivity index (χ0n) is 68.9. The molecule has 1 aliphatic rings. The van der Waals surface area contributed by atoms with Gasteiger partial charge in [0.15, 0.2) is 0 Å². The molecule has 8 bridgehead atoms. The Kier molecular flexibility index (Phi) is 20.1. The van der Waals surface area contributed by atoms with Gasteiger partial charge in [-0.2, -0.15) is 0 Å². The highest BCUT2D eigenvalue weighted by Crippen LogP contribution is 2.52. The van der Waals surface area contributed by atoms with E-state index in [4.69, 9.17) is 38.9 Å². The van der Waals surface area contributed by atoms with Crippen molar-refractivity contribution in [1.82, 2.24) is 19.9 Å². The van der Waals surface area contributed by atoms with Crippen molar-refractivity contribution in [3.05, 3.63) is 212 Å². The van der Waals surface area contributed by atoms with Gasteiger partial charge in [0, 0.05) is 43.8 Å². The molecule has 8 aromatic carbocycles. The number of rotatable bonds is 24. The fourth-order valence-electron chi connectivity index (χ4n) is 14.6. The Morgan fingerprint density at radius 1 is 0.231 bits per heavy atom. The van der Waals surface area contributed by atoms with Gasteiger partial charge in [-0.3, -0.25) is 0 Å². The molecule has 0 radical (unpaired) electrons. The minimum Gasteiger partial charge on any atom is -0.456 e. The van der Waals surface area contributed by atoms with Crippen LogP contribution in [0.2, 0.25) is 0 Å². The third kappa shape index (κ3) is 14.0. The molecular weight excluding hydrogens is 1330 g/mol.